The third-order valence-electron chi connectivity index (χ3n) is 4.44. The van der Waals surface area contributed by atoms with Crippen molar-refractivity contribution >= 4 is 11.4 Å². The molecule has 1 aromatic rings. The van der Waals surface area contributed by atoms with E-state index in [-0.39, 0.29) is 5.41 Å². The van der Waals surface area contributed by atoms with E-state index in [1.54, 1.807) is 7.11 Å². The third-order valence-corrected chi connectivity index (χ3v) is 4.44. The Morgan fingerprint density at radius 3 is 2.74 bits per heavy atom. The second kappa shape index (κ2) is 4.22. The SMILES string of the molecule is COc1ccc2c(c1)C1=C(CCC(=O)C1)CC2(C)C. The van der Waals surface area contributed by atoms with Gasteiger partial charge in [0.05, 0.1) is 7.11 Å². The van der Waals surface area contributed by atoms with Gasteiger partial charge in [-0.25, -0.2) is 0 Å². The molecule has 0 aliphatic heterocycles. The number of Topliss-reactive ketones (excluding diaryl/α,β-unsaturated/α-hetero) is 1. The van der Waals surface area contributed by atoms with E-state index in [0.717, 1.165) is 18.6 Å². The molecule has 0 spiro atoms. The Kier molecular flexibility index (Phi) is 2.77. The first kappa shape index (κ1) is 12.5. The molecule has 0 heterocycles. The number of methoxy groups -OCH3 is 1. The molecule has 2 aliphatic rings. The number of carbonyl (C=O) groups is 1. The van der Waals surface area contributed by atoms with Gasteiger partial charge in [-0.1, -0.05) is 25.5 Å². The number of ketones is 1. The highest BCUT2D eigenvalue weighted by Crippen LogP contribution is 2.47. The largest absolute Gasteiger partial charge is 0.497 e. The zero-order valence-corrected chi connectivity index (χ0v) is 11.9. The number of hydrogen-bond acceptors (Lipinski definition) is 2. The molecule has 0 bridgehead atoms. The number of hydrogen-bond donors (Lipinski definition) is 0. The first-order valence-electron chi connectivity index (χ1n) is 6.93. The molecule has 100 valence electrons. The van der Waals surface area contributed by atoms with Gasteiger partial charge in [0.2, 0.25) is 0 Å². The maximum Gasteiger partial charge on any atom is 0.137 e. The standard InChI is InChI=1S/C17H20O2/c1-17(2)10-11-4-5-12(18)8-14(11)15-9-13(19-3)6-7-16(15)17/h6-7,9H,4-5,8,10H2,1-3H3. The molecular formula is C17H20O2. The van der Waals surface area contributed by atoms with Crippen LogP contribution < -0.4 is 4.74 Å². The molecule has 1 aromatic carbocycles. The topological polar surface area (TPSA) is 26.3 Å². The minimum Gasteiger partial charge on any atom is -0.497 e. The molecule has 0 saturated heterocycles. The van der Waals surface area contributed by atoms with E-state index in [9.17, 15) is 4.79 Å². The number of ether oxygens (including phenoxy) is 1. The van der Waals surface area contributed by atoms with E-state index < -0.39 is 0 Å². The zero-order valence-electron chi connectivity index (χ0n) is 11.9. The highest BCUT2D eigenvalue weighted by Gasteiger charge is 2.34. The summed E-state index contributed by atoms with van der Waals surface area (Å²) in [7, 11) is 1.69. The van der Waals surface area contributed by atoms with Gasteiger partial charge in [0.15, 0.2) is 0 Å². The summed E-state index contributed by atoms with van der Waals surface area (Å²) in [6, 6.07) is 6.29. The van der Waals surface area contributed by atoms with Gasteiger partial charge in [0, 0.05) is 12.8 Å². The number of allylic oxidation sites excluding steroid dienone is 2. The monoisotopic (exact) mass is 256 g/mol. The third kappa shape index (κ3) is 1.99. The molecule has 0 amide bonds. The van der Waals surface area contributed by atoms with Crippen molar-refractivity contribution in [2.75, 3.05) is 7.11 Å². The molecule has 0 N–H and O–H groups in total. The van der Waals surface area contributed by atoms with Crippen LogP contribution in [-0.4, -0.2) is 12.9 Å². The van der Waals surface area contributed by atoms with E-state index in [1.807, 2.05) is 6.07 Å². The fourth-order valence-electron chi connectivity index (χ4n) is 3.45. The van der Waals surface area contributed by atoms with E-state index >= 15 is 0 Å². The Morgan fingerprint density at radius 1 is 1.21 bits per heavy atom. The first-order valence-corrected chi connectivity index (χ1v) is 6.93. The van der Waals surface area contributed by atoms with Crippen LogP contribution in [-0.2, 0) is 10.2 Å². The van der Waals surface area contributed by atoms with Crippen molar-refractivity contribution in [1.29, 1.82) is 0 Å². The highest BCUT2D eigenvalue weighted by atomic mass is 16.5. The van der Waals surface area contributed by atoms with Crippen LogP contribution in [0.25, 0.3) is 5.57 Å². The van der Waals surface area contributed by atoms with Gasteiger partial charge >= 0.3 is 0 Å². The average Bonchev–Trinajstić information content (AvgIpc) is 2.39. The Labute approximate surface area is 114 Å². The summed E-state index contributed by atoms with van der Waals surface area (Å²) in [6.45, 7) is 4.58. The van der Waals surface area contributed by atoms with Gasteiger partial charge in [0.25, 0.3) is 0 Å². The predicted octanol–water partition coefficient (Wildman–Crippen LogP) is 3.88. The van der Waals surface area contributed by atoms with Crippen LogP contribution >= 0.6 is 0 Å². The molecule has 19 heavy (non-hydrogen) atoms. The van der Waals surface area contributed by atoms with Crippen LogP contribution in [0.3, 0.4) is 0 Å². The summed E-state index contributed by atoms with van der Waals surface area (Å²) >= 11 is 0. The van der Waals surface area contributed by atoms with Crippen LogP contribution in [0, 0.1) is 0 Å². The van der Waals surface area contributed by atoms with Crippen LogP contribution in [0.5, 0.6) is 5.75 Å². The lowest BCUT2D eigenvalue weighted by Crippen LogP contribution is -2.27. The van der Waals surface area contributed by atoms with Gasteiger partial charge in [0.1, 0.15) is 11.5 Å². The maximum absolute atomic E-state index is 11.8. The summed E-state index contributed by atoms with van der Waals surface area (Å²) in [6.07, 6.45) is 3.34. The molecular weight excluding hydrogens is 236 g/mol. The van der Waals surface area contributed by atoms with E-state index in [0.29, 0.717) is 18.6 Å². The van der Waals surface area contributed by atoms with E-state index in [4.69, 9.17) is 4.74 Å². The fraction of sp³-hybridized carbons (Fsp3) is 0.471. The normalized spacial score (nSPS) is 20.9. The van der Waals surface area contributed by atoms with Crippen LogP contribution in [0.4, 0.5) is 0 Å². The Bertz CT molecular complexity index is 579. The lowest BCUT2D eigenvalue weighted by Gasteiger charge is -2.37. The highest BCUT2D eigenvalue weighted by molar-refractivity contribution is 5.95. The van der Waals surface area contributed by atoms with Crippen LogP contribution in [0.2, 0.25) is 0 Å². The minimum atomic E-state index is 0.154. The van der Waals surface area contributed by atoms with Gasteiger partial charge in [-0.3, -0.25) is 4.79 Å². The lowest BCUT2D eigenvalue weighted by atomic mass is 9.67. The Morgan fingerprint density at radius 2 is 2.00 bits per heavy atom. The quantitative estimate of drug-likeness (QED) is 0.762. The van der Waals surface area contributed by atoms with Crippen molar-refractivity contribution < 1.29 is 9.53 Å². The van der Waals surface area contributed by atoms with Crippen molar-refractivity contribution in [3.05, 3.63) is 34.9 Å². The molecule has 0 atom stereocenters. The van der Waals surface area contributed by atoms with Gasteiger partial charge < -0.3 is 4.74 Å². The molecule has 0 fully saturated rings. The van der Waals surface area contributed by atoms with E-state index in [1.165, 1.54) is 22.3 Å². The minimum absolute atomic E-state index is 0.154. The molecule has 2 aliphatic carbocycles. The smallest absolute Gasteiger partial charge is 0.137 e. The predicted molar refractivity (Wildman–Crippen MR) is 76.4 cm³/mol. The fourth-order valence-corrected chi connectivity index (χ4v) is 3.45. The second-order valence-electron chi connectivity index (χ2n) is 6.27. The molecule has 0 saturated carbocycles. The summed E-state index contributed by atoms with van der Waals surface area (Å²) in [5.74, 6) is 1.24. The number of carbonyl (C=O) groups excluding carboxylic acids is 1. The lowest BCUT2D eigenvalue weighted by molar-refractivity contribution is -0.118. The van der Waals surface area contributed by atoms with Crippen molar-refractivity contribution in [1.82, 2.24) is 0 Å². The molecule has 2 heteroatoms. The molecule has 2 nitrogen and oxygen atoms in total. The second-order valence-corrected chi connectivity index (χ2v) is 6.27. The summed E-state index contributed by atoms with van der Waals surface area (Å²) in [5, 5.41) is 0. The first-order chi connectivity index (χ1) is 9.01. The Balaban J connectivity index is 2.19. The van der Waals surface area contributed by atoms with Gasteiger partial charge in [-0.15, -0.1) is 0 Å². The van der Waals surface area contributed by atoms with Crippen molar-refractivity contribution in [2.24, 2.45) is 0 Å². The summed E-state index contributed by atoms with van der Waals surface area (Å²) < 4.78 is 5.35. The summed E-state index contributed by atoms with van der Waals surface area (Å²) in [4.78, 5) is 11.8. The van der Waals surface area contributed by atoms with Crippen molar-refractivity contribution in [3.63, 3.8) is 0 Å². The number of rotatable bonds is 1. The summed E-state index contributed by atoms with van der Waals surface area (Å²) in [5.41, 5.74) is 5.48. The molecule has 0 unspecified atom stereocenters. The Hall–Kier alpha value is -1.57. The van der Waals surface area contributed by atoms with Crippen LogP contribution in [0.15, 0.2) is 23.8 Å². The maximum atomic E-state index is 11.8. The number of fused-ring (bicyclic) bond motifs is 2. The van der Waals surface area contributed by atoms with E-state index in [2.05, 4.69) is 26.0 Å². The zero-order chi connectivity index (χ0) is 13.6. The molecule has 0 aromatic heterocycles. The average molecular weight is 256 g/mol. The van der Waals surface area contributed by atoms with Crippen molar-refractivity contribution in [2.45, 2.75) is 44.9 Å². The number of benzene rings is 1. The molecule has 0 radical (unpaired) electrons. The van der Waals surface area contributed by atoms with Crippen molar-refractivity contribution in [3.8, 4) is 5.75 Å². The van der Waals surface area contributed by atoms with Crippen LogP contribution in [0.1, 0.15) is 50.7 Å². The van der Waals surface area contributed by atoms with Gasteiger partial charge in [-0.2, -0.15) is 0 Å². The molecule has 3 rings (SSSR count). The van der Waals surface area contributed by atoms with Gasteiger partial charge in [-0.05, 0) is 47.1 Å².